The summed E-state index contributed by atoms with van der Waals surface area (Å²) in [6, 6.07) is 4.42. The van der Waals surface area contributed by atoms with E-state index in [-0.39, 0.29) is 17.1 Å². The van der Waals surface area contributed by atoms with Crippen LogP contribution in [0.1, 0.15) is 28.8 Å². The number of carbonyl (C=O) groups excluding carboxylic acids is 1. The summed E-state index contributed by atoms with van der Waals surface area (Å²) in [7, 11) is 0. The lowest BCUT2D eigenvalue weighted by molar-refractivity contribution is -0.384. The number of alkyl halides is 1. The molecule has 1 N–H and O–H groups in total. The van der Waals surface area contributed by atoms with Crippen molar-refractivity contribution >= 4 is 27.5 Å². The predicted molar refractivity (Wildman–Crippen MR) is 81.9 cm³/mol. The summed E-state index contributed by atoms with van der Waals surface area (Å²) in [5.74, 6) is -0.289. The Kier molecular flexibility index (Phi) is 4.95. The van der Waals surface area contributed by atoms with Crippen LogP contribution < -0.4 is 5.32 Å². The molecule has 0 aliphatic carbocycles. The second-order valence-corrected chi connectivity index (χ2v) is 5.86. The van der Waals surface area contributed by atoms with Crippen molar-refractivity contribution in [3.8, 4) is 0 Å². The van der Waals surface area contributed by atoms with Gasteiger partial charge in [0.05, 0.1) is 10.5 Å². The second kappa shape index (κ2) is 6.53. The van der Waals surface area contributed by atoms with E-state index in [2.05, 4.69) is 21.2 Å². The third-order valence-corrected chi connectivity index (χ3v) is 4.69. The summed E-state index contributed by atoms with van der Waals surface area (Å²) in [6.45, 7) is 2.93. The molecular weight excluding hydrogens is 340 g/mol. The van der Waals surface area contributed by atoms with E-state index >= 15 is 0 Å². The van der Waals surface area contributed by atoms with Gasteiger partial charge in [-0.2, -0.15) is 0 Å². The monoisotopic (exact) mass is 356 g/mol. The number of hydrogen-bond acceptors (Lipinski definition) is 4. The molecule has 2 rings (SSSR count). The molecule has 1 aromatic carbocycles. The Morgan fingerprint density at radius 1 is 1.43 bits per heavy atom. The molecule has 1 saturated heterocycles. The molecule has 1 aliphatic heterocycles. The van der Waals surface area contributed by atoms with Gasteiger partial charge in [-0.05, 0) is 31.4 Å². The van der Waals surface area contributed by atoms with Crippen molar-refractivity contribution in [2.24, 2.45) is 0 Å². The number of nitro groups is 1. The Balaban J connectivity index is 2.21. The van der Waals surface area contributed by atoms with E-state index in [1.807, 2.05) is 0 Å². The standard InChI is InChI=1S/C14H17BrN2O4/c1-10-6-11(8-12(7-10)17(19)20)13(18)16-14(9-15)2-4-21-5-3-14/h6-8H,2-5,9H2,1H3,(H,16,18). The highest BCUT2D eigenvalue weighted by atomic mass is 79.9. The first-order chi connectivity index (χ1) is 9.96. The van der Waals surface area contributed by atoms with Crippen molar-refractivity contribution in [2.45, 2.75) is 25.3 Å². The zero-order valence-corrected chi connectivity index (χ0v) is 13.3. The summed E-state index contributed by atoms with van der Waals surface area (Å²) in [4.78, 5) is 22.8. The first-order valence-corrected chi connectivity index (χ1v) is 7.80. The van der Waals surface area contributed by atoms with Gasteiger partial charge >= 0.3 is 0 Å². The van der Waals surface area contributed by atoms with E-state index in [1.54, 1.807) is 13.0 Å². The number of nitrogens with zero attached hydrogens (tertiary/aromatic N) is 1. The molecule has 7 heteroatoms. The molecular formula is C14H17BrN2O4. The second-order valence-electron chi connectivity index (χ2n) is 5.29. The SMILES string of the molecule is Cc1cc(C(=O)NC2(CBr)CCOCC2)cc([N+](=O)[O-])c1. The van der Waals surface area contributed by atoms with E-state index in [4.69, 9.17) is 4.74 Å². The average Bonchev–Trinajstić information content (AvgIpc) is 2.47. The van der Waals surface area contributed by atoms with Crippen LogP contribution in [0.2, 0.25) is 0 Å². The quantitative estimate of drug-likeness (QED) is 0.510. The fourth-order valence-corrected chi connectivity index (χ4v) is 3.07. The van der Waals surface area contributed by atoms with Crippen molar-refractivity contribution in [1.82, 2.24) is 5.32 Å². The fourth-order valence-electron chi connectivity index (χ4n) is 2.37. The smallest absolute Gasteiger partial charge is 0.270 e. The van der Waals surface area contributed by atoms with Crippen molar-refractivity contribution in [1.29, 1.82) is 0 Å². The van der Waals surface area contributed by atoms with E-state index < -0.39 is 4.92 Å². The topological polar surface area (TPSA) is 81.5 Å². The number of non-ortho nitro benzene ring substituents is 1. The number of aryl methyl sites for hydroxylation is 1. The molecule has 1 fully saturated rings. The van der Waals surface area contributed by atoms with E-state index in [0.717, 1.165) is 12.8 Å². The number of hydrogen-bond donors (Lipinski definition) is 1. The fraction of sp³-hybridized carbons (Fsp3) is 0.500. The van der Waals surface area contributed by atoms with Gasteiger partial charge in [-0.25, -0.2) is 0 Å². The van der Waals surface area contributed by atoms with Crippen molar-refractivity contribution in [3.05, 3.63) is 39.4 Å². The van der Waals surface area contributed by atoms with E-state index in [1.165, 1.54) is 12.1 Å². The lowest BCUT2D eigenvalue weighted by Crippen LogP contribution is -2.53. The molecule has 6 nitrogen and oxygen atoms in total. The molecule has 21 heavy (non-hydrogen) atoms. The molecule has 0 spiro atoms. The Morgan fingerprint density at radius 2 is 2.10 bits per heavy atom. The van der Waals surface area contributed by atoms with Crippen LogP contribution in [0, 0.1) is 17.0 Å². The van der Waals surface area contributed by atoms with Crippen molar-refractivity contribution in [3.63, 3.8) is 0 Å². The van der Waals surface area contributed by atoms with Crippen LogP contribution in [-0.2, 0) is 4.74 Å². The van der Waals surface area contributed by atoms with Gasteiger partial charge in [-0.15, -0.1) is 0 Å². The zero-order valence-electron chi connectivity index (χ0n) is 11.7. The number of benzene rings is 1. The number of amides is 1. The first kappa shape index (κ1) is 15.9. The van der Waals surface area contributed by atoms with Crippen LogP contribution >= 0.6 is 15.9 Å². The molecule has 0 atom stereocenters. The molecule has 1 aromatic rings. The molecule has 0 aromatic heterocycles. The van der Waals surface area contributed by atoms with Crippen LogP contribution in [0.3, 0.4) is 0 Å². The number of halogens is 1. The molecule has 1 aliphatic rings. The molecule has 0 saturated carbocycles. The Labute approximate surface area is 131 Å². The van der Waals surface area contributed by atoms with Crippen molar-refractivity contribution in [2.75, 3.05) is 18.5 Å². The average molecular weight is 357 g/mol. The summed E-state index contributed by atoms with van der Waals surface area (Å²) in [6.07, 6.45) is 1.44. The summed E-state index contributed by atoms with van der Waals surface area (Å²) < 4.78 is 5.32. The molecule has 114 valence electrons. The van der Waals surface area contributed by atoms with Crippen LogP contribution in [0.25, 0.3) is 0 Å². The van der Waals surface area contributed by atoms with Crippen LogP contribution in [0.15, 0.2) is 18.2 Å². The Bertz CT molecular complexity index is 556. The van der Waals surface area contributed by atoms with Crippen LogP contribution in [0.5, 0.6) is 0 Å². The number of carbonyl (C=O) groups is 1. The van der Waals surface area contributed by atoms with Gasteiger partial charge in [0.15, 0.2) is 0 Å². The van der Waals surface area contributed by atoms with Gasteiger partial charge in [-0.1, -0.05) is 15.9 Å². The number of ether oxygens (including phenoxy) is 1. The maximum atomic E-state index is 12.4. The Morgan fingerprint density at radius 3 is 2.67 bits per heavy atom. The summed E-state index contributed by atoms with van der Waals surface area (Å²) >= 11 is 3.44. The van der Waals surface area contributed by atoms with Gasteiger partial charge in [0.25, 0.3) is 11.6 Å². The number of nitrogens with one attached hydrogen (secondary N) is 1. The highest BCUT2D eigenvalue weighted by Crippen LogP contribution is 2.24. The Hall–Kier alpha value is -1.47. The summed E-state index contributed by atoms with van der Waals surface area (Å²) in [5.41, 5.74) is 0.580. The molecule has 0 radical (unpaired) electrons. The predicted octanol–water partition coefficient (Wildman–Crippen LogP) is 2.58. The minimum Gasteiger partial charge on any atom is -0.381 e. The minimum absolute atomic E-state index is 0.0694. The molecule has 1 heterocycles. The van der Waals surface area contributed by atoms with Gasteiger partial charge in [0, 0.05) is 36.2 Å². The van der Waals surface area contributed by atoms with Gasteiger partial charge in [-0.3, -0.25) is 14.9 Å². The van der Waals surface area contributed by atoms with E-state index in [9.17, 15) is 14.9 Å². The van der Waals surface area contributed by atoms with Gasteiger partial charge < -0.3 is 10.1 Å². The number of nitro benzene ring substituents is 1. The first-order valence-electron chi connectivity index (χ1n) is 6.68. The van der Waals surface area contributed by atoms with Crippen LogP contribution in [0.4, 0.5) is 5.69 Å². The molecule has 0 unspecified atom stereocenters. The highest BCUT2D eigenvalue weighted by Gasteiger charge is 2.33. The van der Waals surface area contributed by atoms with Crippen LogP contribution in [-0.4, -0.2) is 34.9 Å². The third-order valence-electron chi connectivity index (χ3n) is 3.62. The maximum Gasteiger partial charge on any atom is 0.270 e. The number of rotatable bonds is 4. The van der Waals surface area contributed by atoms with Gasteiger partial charge in [0.2, 0.25) is 0 Å². The highest BCUT2D eigenvalue weighted by molar-refractivity contribution is 9.09. The summed E-state index contributed by atoms with van der Waals surface area (Å²) in [5, 5.41) is 14.5. The zero-order chi connectivity index (χ0) is 15.5. The maximum absolute atomic E-state index is 12.4. The molecule has 1 amide bonds. The van der Waals surface area contributed by atoms with E-state index in [0.29, 0.717) is 29.7 Å². The normalized spacial score (nSPS) is 17.2. The third kappa shape index (κ3) is 3.79. The molecule has 0 bridgehead atoms. The van der Waals surface area contributed by atoms with Crippen molar-refractivity contribution < 1.29 is 14.5 Å². The minimum atomic E-state index is -0.488. The van der Waals surface area contributed by atoms with Gasteiger partial charge in [0.1, 0.15) is 0 Å². The lowest BCUT2D eigenvalue weighted by Gasteiger charge is -2.36. The largest absolute Gasteiger partial charge is 0.381 e. The lowest BCUT2D eigenvalue weighted by atomic mass is 9.92.